The molecule has 1 amide bonds. The van der Waals surface area contributed by atoms with Crippen LogP contribution in [0, 0.1) is 5.92 Å². The van der Waals surface area contributed by atoms with Crippen LogP contribution in [0.1, 0.15) is 19.4 Å². The van der Waals surface area contributed by atoms with E-state index in [4.69, 9.17) is 0 Å². The summed E-state index contributed by atoms with van der Waals surface area (Å²) in [6, 6.07) is 5.08. The molecule has 1 aromatic carbocycles. The van der Waals surface area contributed by atoms with Crippen LogP contribution in [0.25, 0.3) is 0 Å². The topological polar surface area (TPSA) is 73.0 Å². The first kappa shape index (κ1) is 20.3. The third-order valence-electron chi connectivity index (χ3n) is 5.70. The predicted molar refractivity (Wildman–Crippen MR) is 106 cm³/mol. The van der Waals surface area contributed by atoms with Gasteiger partial charge in [-0.2, -0.15) is 0 Å². The van der Waals surface area contributed by atoms with Crippen LogP contribution in [0.15, 0.2) is 23.1 Å². The number of benzene rings is 1. The Bertz CT molecular complexity index is 801. The number of carbonyl (C=O) groups excluding carboxylic acids is 1. The van der Waals surface area contributed by atoms with Gasteiger partial charge in [-0.3, -0.25) is 9.69 Å². The molecule has 1 unspecified atom stereocenters. The Balaban J connectivity index is 1.70. The normalized spacial score (nSPS) is 20.3. The van der Waals surface area contributed by atoms with Crippen molar-refractivity contribution in [1.29, 1.82) is 0 Å². The number of rotatable bonds is 6. The lowest BCUT2D eigenvalue weighted by Crippen LogP contribution is -2.54. The Morgan fingerprint density at radius 3 is 2.41 bits per heavy atom. The SMILES string of the molecule is CC(C)C(CNS(=O)(=O)c1ccc2c(c1)CC(=O)N2C)N1CCN(C)CC1. The van der Waals surface area contributed by atoms with E-state index in [-0.39, 0.29) is 23.3 Å². The van der Waals surface area contributed by atoms with Crippen molar-refractivity contribution in [2.45, 2.75) is 31.2 Å². The van der Waals surface area contributed by atoms with E-state index in [1.54, 1.807) is 30.1 Å². The van der Waals surface area contributed by atoms with E-state index >= 15 is 0 Å². The molecule has 0 aromatic heterocycles. The van der Waals surface area contributed by atoms with Gasteiger partial charge in [0.15, 0.2) is 0 Å². The average Bonchev–Trinajstić information content (AvgIpc) is 2.90. The second-order valence-corrected chi connectivity index (χ2v) is 9.69. The van der Waals surface area contributed by atoms with Crippen molar-refractivity contribution in [3.05, 3.63) is 23.8 Å². The standard InChI is InChI=1S/C19H30N4O3S/c1-14(2)18(23-9-7-21(3)8-10-23)13-20-27(25,26)16-5-6-17-15(11-16)12-19(24)22(17)4/h5-6,11,14,18,20H,7-10,12-13H2,1-4H3. The first-order valence-electron chi connectivity index (χ1n) is 9.51. The fraction of sp³-hybridized carbons (Fsp3) is 0.632. The minimum Gasteiger partial charge on any atom is -0.315 e. The molecular weight excluding hydrogens is 364 g/mol. The zero-order valence-electron chi connectivity index (χ0n) is 16.6. The Kier molecular flexibility index (Phi) is 5.90. The fourth-order valence-corrected chi connectivity index (χ4v) is 4.93. The quantitative estimate of drug-likeness (QED) is 0.771. The molecule has 3 rings (SSSR count). The Morgan fingerprint density at radius 2 is 1.78 bits per heavy atom. The molecule has 2 aliphatic heterocycles. The number of sulfonamides is 1. The van der Waals surface area contributed by atoms with Gasteiger partial charge in [0.1, 0.15) is 0 Å². The first-order valence-corrected chi connectivity index (χ1v) is 11.0. The summed E-state index contributed by atoms with van der Waals surface area (Å²) in [7, 11) is 0.212. The Morgan fingerprint density at radius 1 is 1.11 bits per heavy atom. The molecule has 0 aliphatic carbocycles. The zero-order valence-corrected chi connectivity index (χ0v) is 17.4. The molecule has 150 valence electrons. The van der Waals surface area contributed by atoms with E-state index in [2.05, 4.69) is 35.4 Å². The van der Waals surface area contributed by atoms with Crippen molar-refractivity contribution in [1.82, 2.24) is 14.5 Å². The van der Waals surface area contributed by atoms with Crippen LogP contribution in [0.5, 0.6) is 0 Å². The van der Waals surface area contributed by atoms with Crippen molar-refractivity contribution in [2.75, 3.05) is 51.7 Å². The first-order chi connectivity index (χ1) is 12.7. The summed E-state index contributed by atoms with van der Waals surface area (Å²) < 4.78 is 28.4. The third kappa shape index (κ3) is 4.34. The van der Waals surface area contributed by atoms with E-state index in [1.165, 1.54) is 0 Å². The molecule has 2 aliphatic rings. The monoisotopic (exact) mass is 394 g/mol. The molecule has 0 saturated carbocycles. The maximum Gasteiger partial charge on any atom is 0.240 e. The van der Waals surface area contributed by atoms with Crippen LogP contribution in [-0.2, 0) is 21.2 Å². The number of nitrogens with one attached hydrogen (secondary N) is 1. The van der Waals surface area contributed by atoms with E-state index in [9.17, 15) is 13.2 Å². The van der Waals surface area contributed by atoms with Crippen molar-refractivity contribution in [3.8, 4) is 0 Å². The minimum absolute atomic E-state index is 0.0116. The summed E-state index contributed by atoms with van der Waals surface area (Å²) in [6.45, 7) is 8.56. The summed E-state index contributed by atoms with van der Waals surface area (Å²) in [5.41, 5.74) is 1.56. The molecule has 1 fully saturated rings. The largest absolute Gasteiger partial charge is 0.315 e. The van der Waals surface area contributed by atoms with Crippen molar-refractivity contribution < 1.29 is 13.2 Å². The molecule has 0 spiro atoms. The highest BCUT2D eigenvalue weighted by Gasteiger charge is 2.29. The lowest BCUT2D eigenvalue weighted by molar-refractivity contribution is -0.117. The number of carbonyl (C=O) groups is 1. The highest BCUT2D eigenvalue weighted by atomic mass is 32.2. The molecule has 0 bridgehead atoms. The van der Waals surface area contributed by atoms with Gasteiger partial charge in [-0.15, -0.1) is 0 Å². The van der Waals surface area contributed by atoms with Gasteiger partial charge in [-0.25, -0.2) is 13.1 Å². The van der Waals surface area contributed by atoms with Crippen molar-refractivity contribution >= 4 is 21.6 Å². The van der Waals surface area contributed by atoms with Crippen LogP contribution < -0.4 is 9.62 Å². The lowest BCUT2D eigenvalue weighted by Gasteiger charge is -2.39. The molecule has 2 heterocycles. The molecule has 27 heavy (non-hydrogen) atoms. The Labute approximate surface area is 162 Å². The highest BCUT2D eigenvalue weighted by Crippen LogP contribution is 2.29. The number of hydrogen-bond donors (Lipinski definition) is 1. The van der Waals surface area contributed by atoms with Crippen LogP contribution in [0.2, 0.25) is 0 Å². The third-order valence-corrected chi connectivity index (χ3v) is 7.12. The number of likely N-dealkylation sites (N-methyl/N-ethyl adjacent to an activating group) is 2. The lowest BCUT2D eigenvalue weighted by atomic mass is 10.0. The van der Waals surface area contributed by atoms with Crippen molar-refractivity contribution in [2.24, 2.45) is 5.92 Å². The molecule has 1 saturated heterocycles. The summed E-state index contributed by atoms with van der Waals surface area (Å²) in [6.07, 6.45) is 0.255. The van der Waals surface area contributed by atoms with Crippen molar-refractivity contribution in [3.63, 3.8) is 0 Å². The predicted octanol–water partition coefficient (Wildman–Crippen LogP) is 0.756. The average molecular weight is 395 g/mol. The number of nitrogens with zero attached hydrogens (tertiary/aromatic N) is 3. The van der Waals surface area contributed by atoms with Crippen LogP contribution in [-0.4, -0.2) is 77.0 Å². The van der Waals surface area contributed by atoms with Gasteiger partial charge in [-0.1, -0.05) is 13.8 Å². The molecule has 1 atom stereocenters. The minimum atomic E-state index is -3.61. The molecule has 0 radical (unpaired) electrons. The number of amides is 1. The highest BCUT2D eigenvalue weighted by molar-refractivity contribution is 7.89. The molecule has 1 N–H and O–H groups in total. The van der Waals surface area contributed by atoms with E-state index < -0.39 is 10.0 Å². The van der Waals surface area contributed by atoms with Crippen LogP contribution in [0.4, 0.5) is 5.69 Å². The summed E-state index contributed by atoms with van der Waals surface area (Å²) >= 11 is 0. The molecular formula is C19H30N4O3S. The number of fused-ring (bicyclic) bond motifs is 1. The van der Waals surface area contributed by atoms with Crippen LogP contribution in [0.3, 0.4) is 0 Å². The number of hydrogen-bond acceptors (Lipinski definition) is 5. The van der Waals surface area contributed by atoms with Gasteiger partial charge in [0, 0.05) is 51.5 Å². The van der Waals surface area contributed by atoms with Gasteiger partial charge in [0.2, 0.25) is 15.9 Å². The second kappa shape index (κ2) is 7.87. The number of piperazine rings is 1. The summed E-state index contributed by atoms with van der Waals surface area (Å²) in [4.78, 5) is 18.3. The second-order valence-electron chi connectivity index (χ2n) is 7.92. The smallest absolute Gasteiger partial charge is 0.240 e. The van der Waals surface area contributed by atoms with Gasteiger partial charge in [-0.05, 0) is 36.7 Å². The van der Waals surface area contributed by atoms with Gasteiger partial charge >= 0.3 is 0 Å². The molecule has 1 aromatic rings. The van der Waals surface area contributed by atoms with Gasteiger partial charge < -0.3 is 9.80 Å². The maximum atomic E-state index is 12.8. The molecule has 8 heteroatoms. The fourth-order valence-electron chi connectivity index (χ4n) is 3.83. The van der Waals surface area contributed by atoms with Gasteiger partial charge in [0.25, 0.3) is 0 Å². The van der Waals surface area contributed by atoms with E-state index in [0.717, 1.165) is 37.4 Å². The van der Waals surface area contributed by atoms with E-state index in [0.29, 0.717) is 12.5 Å². The Hall–Kier alpha value is -1.48. The molecule has 7 nitrogen and oxygen atoms in total. The zero-order chi connectivity index (χ0) is 19.8. The van der Waals surface area contributed by atoms with E-state index in [1.807, 2.05) is 0 Å². The summed E-state index contributed by atoms with van der Waals surface area (Å²) in [5, 5.41) is 0. The summed E-state index contributed by atoms with van der Waals surface area (Å²) in [5.74, 6) is 0.338. The maximum absolute atomic E-state index is 12.8. The van der Waals surface area contributed by atoms with Crippen LogP contribution >= 0.6 is 0 Å². The number of anilines is 1. The van der Waals surface area contributed by atoms with Gasteiger partial charge in [0.05, 0.1) is 11.3 Å².